The van der Waals surface area contributed by atoms with E-state index >= 15 is 0 Å². The smallest absolute Gasteiger partial charge is 0.261 e. The third kappa shape index (κ3) is 3.81. The largest absolute Gasteiger partial charge is 0.265 e. The van der Waals surface area contributed by atoms with Gasteiger partial charge in [-0.05, 0) is 38.3 Å². The first-order chi connectivity index (χ1) is 8.24. The van der Waals surface area contributed by atoms with Crippen molar-refractivity contribution < 1.29 is 13.0 Å². The van der Waals surface area contributed by atoms with Gasteiger partial charge in [0.2, 0.25) is 0 Å². The molecular formula is C12H18F2N2OS. The van der Waals surface area contributed by atoms with Crippen molar-refractivity contribution in [3.05, 3.63) is 29.6 Å². The molecule has 2 N–H and O–H groups in total. The van der Waals surface area contributed by atoms with Gasteiger partial charge >= 0.3 is 0 Å². The second kappa shape index (κ2) is 5.84. The van der Waals surface area contributed by atoms with Crippen LogP contribution in [0.3, 0.4) is 0 Å². The molecule has 2 atom stereocenters. The van der Waals surface area contributed by atoms with Crippen molar-refractivity contribution in [3.63, 3.8) is 0 Å². The van der Waals surface area contributed by atoms with Gasteiger partial charge in [-0.25, -0.2) is 13.0 Å². The topological polar surface area (TPSA) is 56.0 Å². The molecule has 18 heavy (non-hydrogen) atoms. The van der Waals surface area contributed by atoms with E-state index in [4.69, 9.17) is 5.14 Å². The van der Waals surface area contributed by atoms with E-state index in [0.717, 1.165) is 0 Å². The van der Waals surface area contributed by atoms with Crippen molar-refractivity contribution in [2.24, 2.45) is 5.14 Å². The zero-order valence-electron chi connectivity index (χ0n) is 10.7. The van der Waals surface area contributed by atoms with Gasteiger partial charge in [0.1, 0.15) is 0 Å². The first kappa shape index (κ1) is 15.2. The molecule has 0 bridgehead atoms. The summed E-state index contributed by atoms with van der Waals surface area (Å²) in [6.07, 6.45) is -0.741. The molecule has 102 valence electrons. The second-order valence-corrected chi connectivity index (χ2v) is 6.68. The van der Waals surface area contributed by atoms with Crippen molar-refractivity contribution in [2.75, 3.05) is 0 Å². The Bertz CT molecular complexity index is 421. The van der Waals surface area contributed by atoms with E-state index < -0.39 is 22.2 Å². The molecule has 1 heterocycles. The van der Waals surface area contributed by atoms with Crippen LogP contribution >= 0.6 is 0 Å². The average Bonchev–Trinajstić information content (AvgIpc) is 2.28. The Morgan fingerprint density at radius 1 is 1.44 bits per heavy atom. The van der Waals surface area contributed by atoms with E-state index in [0.29, 0.717) is 12.1 Å². The van der Waals surface area contributed by atoms with Crippen LogP contribution in [0.5, 0.6) is 0 Å². The molecule has 0 spiro atoms. The van der Waals surface area contributed by atoms with Gasteiger partial charge in [-0.3, -0.25) is 10.1 Å². The third-order valence-electron chi connectivity index (χ3n) is 2.91. The maximum absolute atomic E-state index is 12.4. The summed E-state index contributed by atoms with van der Waals surface area (Å²) < 4.78 is 35.6. The standard InChI is InChI=1S/C12H18F2N2OS/c1-8(6-12(2,3)18(15)17)10-5-4-9(7-16-10)11(13)14/h4-5,7-8,11H,6,15H2,1-3H3/t8-,18?/m1/s1. The molecule has 0 fully saturated rings. The number of hydrogen-bond acceptors (Lipinski definition) is 2. The minimum absolute atomic E-state index is 0.0132. The summed E-state index contributed by atoms with van der Waals surface area (Å²) in [4.78, 5) is 4.02. The van der Waals surface area contributed by atoms with E-state index in [-0.39, 0.29) is 11.5 Å². The Morgan fingerprint density at radius 2 is 2.06 bits per heavy atom. The summed E-state index contributed by atoms with van der Waals surface area (Å²) in [5.41, 5.74) is 0.616. The van der Waals surface area contributed by atoms with Crippen molar-refractivity contribution in [3.8, 4) is 0 Å². The molecule has 0 amide bonds. The van der Waals surface area contributed by atoms with Gasteiger partial charge in [-0.1, -0.05) is 6.92 Å². The van der Waals surface area contributed by atoms with Crippen molar-refractivity contribution in [2.45, 2.75) is 44.3 Å². The van der Waals surface area contributed by atoms with Crippen LogP contribution in [0.1, 0.15) is 50.8 Å². The normalized spacial score (nSPS) is 15.7. The SMILES string of the molecule is C[C@H](CC(C)(C)S(N)=O)c1ccc(C(F)F)cn1. The zero-order valence-corrected chi connectivity index (χ0v) is 11.5. The highest BCUT2D eigenvalue weighted by molar-refractivity contribution is 7.84. The Hall–Kier alpha value is -0.880. The molecule has 0 saturated heterocycles. The molecule has 1 aromatic rings. The van der Waals surface area contributed by atoms with Gasteiger partial charge in [-0.2, -0.15) is 0 Å². The first-order valence-corrected chi connectivity index (χ1v) is 6.85. The van der Waals surface area contributed by atoms with E-state index in [2.05, 4.69) is 4.98 Å². The minimum Gasteiger partial charge on any atom is -0.261 e. The summed E-state index contributed by atoms with van der Waals surface area (Å²) in [5.74, 6) is 0.0132. The number of aromatic nitrogens is 1. The second-order valence-electron chi connectivity index (χ2n) is 4.98. The van der Waals surface area contributed by atoms with Crippen LogP contribution in [0.15, 0.2) is 18.3 Å². The Kier molecular flexibility index (Phi) is 4.92. The summed E-state index contributed by atoms with van der Waals surface area (Å²) in [7, 11) is -1.43. The third-order valence-corrected chi connectivity index (χ3v) is 4.16. The summed E-state index contributed by atoms with van der Waals surface area (Å²) in [6, 6.07) is 2.96. The fourth-order valence-electron chi connectivity index (χ4n) is 1.76. The number of halogens is 2. The van der Waals surface area contributed by atoms with Crippen molar-refractivity contribution in [1.29, 1.82) is 0 Å². The highest BCUT2D eigenvalue weighted by atomic mass is 32.2. The van der Waals surface area contributed by atoms with Crippen molar-refractivity contribution in [1.82, 2.24) is 4.98 Å². The predicted octanol–water partition coefficient (Wildman–Crippen LogP) is 2.91. The Morgan fingerprint density at radius 3 is 2.44 bits per heavy atom. The van der Waals surface area contributed by atoms with Gasteiger partial charge < -0.3 is 0 Å². The van der Waals surface area contributed by atoms with Crippen LogP contribution in [0.25, 0.3) is 0 Å². The molecule has 0 saturated carbocycles. The maximum Gasteiger partial charge on any atom is 0.265 e. The van der Waals surface area contributed by atoms with E-state index in [9.17, 15) is 13.0 Å². The quantitative estimate of drug-likeness (QED) is 0.899. The van der Waals surface area contributed by atoms with Gasteiger partial charge in [0.15, 0.2) is 0 Å². The van der Waals surface area contributed by atoms with Gasteiger partial charge in [0, 0.05) is 17.5 Å². The minimum atomic E-state index is -2.50. The number of alkyl halides is 2. The van der Waals surface area contributed by atoms with Crippen LogP contribution in [-0.4, -0.2) is 13.9 Å². The highest BCUT2D eigenvalue weighted by Gasteiger charge is 2.27. The molecule has 3 nitrogen and oxygen atoms in total. The van der Waals surface area contributed by atoms with Crippen LogP contribution in [-0.2, 0) is 11.0 Å². The predicted molar refractivity (Wildman–Crippen MR) is 68.6 cm³/mol. The fourth-order valence-corrected chi connectivity index (χ4v) is 2.18. The summed E-state index contributed by atoms with van der Waals surface area (Å²) in [5, 5.41) is 5.41. The maximum atomic E-state index is 12.4. The number of nitrogens with two attached hydrogens (primary N) is 1. The number of hydrogen-bond donors (Lipinski definition) is 1. The Balaban J connectivity index is 2.79. The molecule has 0 aliphatic heterocycles. The summed E-state index contributed by atoms with van der Waals surface area (Å²) >= 11 is 0. The van der Waals surface area contributed by atoms with Gasteiger partial charge in [-0.15, -0.1) is 0 Å². The van der Waals surface area contributed by atoms with Crippen LogP contribution in [0, 0.1) is 0 Å². The van der Waals surface area contributed by atoms with Gasteiger partial charge in [0.25, 0.3) is 6.43 Å². The lowest BCUT2D eigenvalue weighted by atomic mass is 9.94. The van der Waals surface area contributed by atoms with Crippen LogP contribution in [0.2, 0.25) is 0 Å². The lowest BCUT2D eigenvalue weighted by molar-refractivity contribution is 0.151. The van der Waals surface area contributed by atoms with Crippen LogP contribution in [0.4, 0.5) is 8.78 Å². The monoisotopic (exact) mass is 276 g/mol. The van der Waals surface area contributed by atoms with Gasteiger partial charge in [0.05, 0.1) is 15.7 Å². The molecule has 1 unspecified atom stereocenters. The highest BCUT2D eigenvalue weighted by Crippen LogP contribution is 2.28. The average molecular weight is 276 g/mol. The molecule has 6 heteroatoms. The van der Waals surface area contributed by atoms with E-state index in [1.165, 1.54) is 12.3 Å². The molecule has 1 aromatic heterocycles. The lowest BCUT2D eigenvalue weighted by Crippen LogP contribution is -2.33. The number of rotatable bonds is 5. The van der Waals surface area contributed by atoms with Crippen molar-refractivity contribution >= 4 is 11.0 Å². The molecule has 0 radical (unpaired) electrons. The number of nitrogens with zero attached hydrogens (tertiary/aromatic N) is 1. The van der Waals surface area contributed by atoms with E-state index in [1.807, 2.05) is 20.8 Å². The molecule has 0 aliphatic rings. The molecule has 1 rings (SSSR count). The fraction of sp³-hybridized carbons (Fsp3) is 0.583. The summed E-state index contributed by atoms with van der Waals surface area (Å²) in [6.45, 7) is 5.54. The number of pyridine rings is 1. The Labute approximate surface area is 108 Å². The molecule has 0 aliphatic carbocycles. The van der Waals surface area contributed by atoms with Crippen LogP contribution < -0.4 is 5.14 Å². The molecule has 0 aromatic carbocycles. The first-order valence-electron chi connectivity index (χ1n) is 5.64. The molecular weight excluding hydrogens is 258 g/mol. The lowest BCUT2D eigenvalue weighted by Gasteiger charge is -2.24. The zero-order chi connectivity index (χ0) is 13.9. The van der Waals surface area contributed by atoms with E-state index in [1.54, 1.807) is 6.07 Å².